The van der Waals surface area contributed by atoms with Crippen molar-refractivity contribution in [2.24, 2.45) is 0 Å². The fourth-order valence-corrected chi connectivity index (χ4v) is 3.52. The summed E-state index contributed by atoms with van der Waals surface area (Å²) in [7, 11) is 0. The van der Waals surface area contributed by atoms with Crippen LogP contribution in [0.5, 0.6) is 0 Å². The van der Waals surface area contributed by atoms with Crippen molar-refractivity contribution >= 4 is 5.97 Å². The monoisotopic (exact) mass is 373 g/mol. The highest BCUT2D eigenvalue weighted by atomic mass is 19.1. The summed E-state index contributed by atoms with van der Waals surface area (Å²) in [6.45, 7) is 3.11. The van der Waals surface area contributed by atoms with E-state index in [4.69, 9.17) is 0 Å². The van der Waals surface area contributed by atoms with Crippen LogP contribution in [0.15, 0.2) is 42.6 Å². The predicted molar refractivity (Wildman–Crippen MR) is 98.4 cm³/mol. The van der Waals surface area contributed by atoms with Crippen molar-refractivity contribution < 1.29 is 19.4 Å². The smallest absolute Gasteiger partial charge is 0.325 e. The molecule has 1 aliphatic rings. The number of halogens is 1. The van der Waals surface area contributed by atoms with E-state index in [1.807, 2.05) is 23.1 Å². The second-order valence-electron chi connectivity index (χ2n) is 6.74. The Kier molecular flexibility index (Phi) is 6.49. The van der Waals surface area contributed by atoms with Crippen molar-refractivity contribution in [3.8, 4) is 0 Å². The van der Waals surface area contributed by atoms with Gasteiger partial charge in [0.1, 0.15) is 11.9 Å². The SMILES string of the molecule is O=C(O)[C@@H](c1ccc(F)c(CO)c1)N1CCCN(Cc2ccccn2)CC1. The van der Waals surface area contributed by atoms with Crippen molar-refractivity contribution in [3.63, 3.8) is 0 Å². The number of benzene rings is 1. The van der Waals surface area contributed by atoms with Gasteiger partial charge in [0.25, 0.3) is 0 Å². The fraction of sp³-hybridized carbons (Fsp3) is 0.400. The molecule has 1 fully saturated rings. The lowest BCUT2D eigenvalue weighted by Crippen LogP contribution is -2.37. The number of carboxylic acids is 1. The van der Waals surface area contributed by atoms with Crippen molar-refractivity contribution in [3.05, 3.63) is 65.2 Å². The van der Waals surface area contributed by atoms with Crippen LogP contribution in [0.1, 0.15) is 29.3 Å². The Morgan fingerprint density at radius 2 is 2.04 bits per heavy atom. The summed E-state index contributed by atoms with van der Waals surface area (Å²) in [5, 5.41) is 19.1. The minimum absolute atomic E-state index is 0.116. The lowest BCUT2D eigenvalue weighted by molar-refractivity contribution is -0.143. The molecule has 0 spiro atoms. The first-order valence-electron chi connectivity index (χ1n) is 9.07. The topological polar surface area (TPSA) is 76.9 Å². The molecule has 0 amide bonds. The Hall–Kier alpha value is -2.35. The highest BCUT2D eigenvalue weighted by molar-refractivity contribution is 5.75. The number of aromatic nitrogens is 1. The first-order valence-corrected chi connectivity index (χ1v) is 9.07. The molecule has 3 rings (SSSR count). The van der Waals surface area contributed by atoms with Crippen LogP contribution in [0.3, 0.4) is 0 Å². The summed E-state index contributed by atoms with van der Waals surface area (Å²) < 4.78 is 13.7. The van der Waals surface area contributed by atoms with E-state index >= 15 is 0 Å². The second kappa shape index (κ2) is 9.03. The summed E-state index contributed by atoms with van der Waals surface area (Å²) in [6.07, 6.45) is 2.61. The van der Waals surface area contributed by atoms with Gasteiger partial charge in [-0.1, -0.05) is 12.1 Å². The molecule has 2 N–H and O–H groups in total. The molecule has 1 saturated heterocycles. The molecule has 27 heavy (non-hydrogen) atoms. The molecule has 144 valence electrons. The normalized spacial score (nSPS) is 17.4. The molecule has 0 unspecified atom stereocenters. The average Bonchev–Trinajstić information content (AvgIpc) is 2.89. The molecule has 6 nitrogen and oxygen atoms in total. The Bertz CT molecular complexity index is 772. The average molecular weight is 373 g/mol. The van der Waals surface area contributed by atoms with Gasteiger partial charge in [-0.3, -0.25) is 19.6 Å². The number of rotatable bonds is 6. The van der Waals surface area contributed by atoms with Crippen LogP contribution < -0.4 is 0 Å². The first-order chi connectivity index (χ1) is 13.1. The van der Waals surface area contributed by atoms with Gasteiger partial charge in [0.15, 0.2) is 0 Å². The Labute approximate surface area is 157 Å². The minimum atomic E-state index is -0.969. The molecular formula is C20H24FN3O3. The third-order valence-corrected chi connectivity index (χ3v) is 4.89. The molecule has 1 aliphatic heterocycles. The van der Waals surface area contributed by atoms with E-state index in [1.165, 1.54) is 18.2 Å². The standard InChI is InChI=1S/C20H24FN3O3/c21-18-6-5-15(12-16(18)14-25)19(20(26)27)24-9-3-8-23(10-11-24)13-17-4-1-2-7-22-17/h1-2,4-7,12,19,25H,3,8-11,13-14H2,(H,26,27)/t19-/m1/s1. The van der Waals surface area contributed by atoms with E-state index in [9.17, 15) is 19.4 Å². The van der Waals surface area contributed by atoms with Gasteiger partial charge in [-0.25, -0.2) is 4.39 Å². The van der Waals surface area contributed by atoms with Crippen molar-refractivity contribution in [1.82, 2.24) is 14.8 Å². The number of carbonyl (C=O) groups is 1. The van der Waals surface area contributed by atoms with Crippen LogP contribution in [0.25, 0.3) is 0 Å². The fourth-order valence-electron chi connectivity index (χ4n) is 3.52. The number of hydrogen-bond acceptors (Lipinski definition) is 5. The summed E-state index contributed by atoms with van der Waals surface area (Å²) in [4.78, 5) is 20.5. The molecule has 0 aliphatic carbocycles. The number of carboxylic acid groups (broad SMARTS) is 1. The van der Waals surface area contributed by atoms with E-state index in [0.29, 0.717) is 18.7 Å². The van der Waals surface area contributed by atoms with Crippen molar-refractivity contribution in [2.45, 2.75) is 25.6 Å². The molecule has 1 aromatic heterocycles. The zero-order chi connectivity index (χ0) is 19.2. The highest BCUT2D eigenvalue weighted by Gasteiger charge is 2.29. The van der Waals surface area contributed by atoms with Gasteiger partial charge in [0, 0.05) is 37.9 Å². The quantitative estimate of drug-likeness (QED) is 0.807. The van der Waals surface area contributed by atoms with Gasteiger partial charge in [0.2, 0.25) is 0 Å². The number of hydrogen-bond donors (Lipinski definition) is 2. The molecule has 0 radical (unpaired) electrons. The Morgan fingerprint density at radius 3 is 2.74 bits per heavy atom. The van der Waals surface area contributed by atoms with Gasteiger partial charge < -0.3 is 10.2 Å². The van der Waals surface area contributed by atoms with E-state index in [2.05, 4.69) is 9.88 Å². The molecule has 1 atom stereocenters. The molecule has 2 heterocycles. The molecular weight excluding hydrogens is 349 g/mol. The van der Waals surface area contributed by atoms with Gasteiger partial charge in [-0.2, -0.15) is 0 Å². The second-order valence-corrected chi connectivity index (χ2v) is 6.74. The number of pyridine rings is 1. The summed E-state index contributed by atoms with van der Waals surface area (Å²) in [6, 6.07) is 9.13. The van der Waals surface area contributed by atoms with Crippen molar-refractivity contribution in [1.29, 1.82) is 0 Å². The van der Waals surface area contributed by atoms with Crippen LogP contribution in [0.4, 0.5) is 4.39 Å². The number of aliphatic hydroxyl groups excluding tert-OH is 1. The van der Waals surface area contributed by atoms with E-state index in [1.54, 1.807) is 6.20 Å². The zero-order valence-corrected chi connectivity index (χ0v) is 15.1. The summed E-state index contributed by atoms with van der Waals surface area (Å²) in [5.41, 5.74) is 1.60. The number of nitrogens with zero attached hydrogens (tertiary/aromatic N) is 3. The third-order valence-electron chi connectivity index (χ3n) is 4.89. The Morgan fingerprint density at radius 1 is 1.19 bits per heavy atom. The maximum Gasteiger partial charge on any atom is 0.325 e. The Balaban J connectivity index is 1.72. The van der Waals surface area contributed by atoms with E-state index < -0.39 is 24.4 Å². The van der Waals surface area contributed by atoms with Crippen LogP contribution >= 0.6 is 0 Å². The maximum absolute atomic E-state index is 13.7. The zero-order valence-electron chi connectivity index (χ0n) is 15.1. The highest BCUT2D eigenvalue weighted by Crippen LogP contribution is 2.25. The molecule has 0 bridgehead atoms. The summed E-state index contributed by atoms with van der Waals surface area (Å²) >= 11 is 0. The molecule has 0 saturated carbocycles. The van der Waals surface area contributed by atoms with Gasteiger partial charge >= 0.3 is 5.97 Å². The lowest BCUT2D eigenvalue weighted by Gasteiger charge is -2.28. The number of aliphatic carboxylic acids is 1. The van der Waals surface area contributed by atoms with Gasteiger partial charge in [0.05, 0.1) is 12.3 Å². The van der Waals surface area contributed by atoms with E-state index in [0.717, 1.165) is 31.7 Å². The minimum Gasteiger partial charge on any atom is -0.480 e. The molecule has 2 aromatic rings. The van der Waals surface area contributed by atoms with E-state index in [-0.39, 0.29) is 5.56 Å². The van der Waals surface area contributed by atoms with Crippen LogP contribution in [0.2, 0.25) is 0 Å². The lowest BCUT2D eigenvalue weighted by atomic mass is 10.0. The largest absolute Gasteiger partial charge is 0.480 e. The molecule has 7 heteroatoms. The predicted octanol–water partition coefficient (Wildman–Crippen LogP) is 2.05. The third kappa shape index (κ3) is 4.88. The van der Waals surface area contributed by atoms with Crippen LogP contribution in [0, 0.1) is 5.82 Å². The maximum atomic E-state index is 13.7. The van der Waals surface area contributed by atoms with Crippen LogP contribution in [-0.4, -0.2) is 57.1 Å². The van der Waals surface area contributed by atoms with Gasteiger partial charge in [-0.15, -0.1) is 0 Å². The first kappa shape index (κ1) is 19.4. The van der Waals surface area contributed by atoms with Crippen molar-refractivity contribution in [2.75, 3.05) is 26.2 Å². The summed E-state index contributed by atoms with van der Waals surface area (Å²) in [5.74, 6) is -1.49. The van der Waals surface area contributed by atoms with Crippen LogP contribution in [-0.2, 0) is 17.9 Å². The van der Waals surface area contributed by atoms with Gasteiger partial charge in [-0.05, 0) is 42.8 Å². The number of aliphatic hydroxyl groups is 1. The molecule has 1 aromatic carbocycles.